The van der Waals surface area contributed by atoms with Crippen molar-refractivity contribution in [3.63, 3.8) is 0 Å². The SMILES string of the molecule is CC(=O)Nc1ccc(C)cc1S(=O)(=O)N1CCCN(c2nc3cccnc3s2)CC1. The quantitative estimate of drug-likeness (QED) is 0.664. The first-order chi connectivity index (χ1) is 14.3. The lowest BCUT2D eigenvalue weighted by molar-refractivity contribution is -0.114. The third kappa shape index (κ3) is 4.16. The monoisotopic (exact) mass is 445 g/mol. The summed E-state index contributed by atoms with van der Waals surface area (Å²) in [5.41, 5.74) is 1.98. The van der Waals surface area contributed by atoms with Gasteiger partial charge in [-0.3, -0.25) is 4.79 Å². The molecule has 1 fully saturated rings. The van der Waals surface area contributed by atoms with Crippen LogP contribution in [0.4, 0.5) is 10.8 Å². The van der Waals surface area contributed by atoms with Crippen LogP contribution in [0.2, 0.25) is 0 Å². The molecule has 0 radical (unpaired) electrons. The van der Waals surface area contributed by atoms with E-state index in [-0.39, 0.29) is 10.8 Å². The normalized spacial score (nSPS) is 15.9. The summed E-state index contributed by atoms with van der Waals surface area (Å²) in [5.74, 6) is -0.304. The zero-order valence-corrected chi connectivity index (χ0v) is 18.5. The molecule has 0 atom stereocenters. The lowest BCUT2D eigenvalue weighted by Crippen LogP contribution is -2.35. The number of aryl methyl sites for hydroxylation is 1. The van der Waals surface area contributed by atoms with Crippen LogP contribution in [0.15, 0.2) is 41.4 Å². The molecular formula is C20H23N5O3S2. The molecular weight excluding hydrogens is 422 g/mol. The van der Waals surface area contributed by atoms with E-state index in [1.54, 1.807) is 24.4 Å². The van der Waals surface area contributed by atoms with Gasteiger partial charge in [0.25, 0.3) is 0 Å². The van der Waals surface area contributed by atoms with E-state index in [1.165, 1.54) is 22.6 Å². The highest BCUT2D eigenvalue weighted by Crippen LogP contribution is 2.30. The predicted molar refractivity (Wildman–Crippen MR) is 118 cm³/mol. The Hall–Kier alpha value is -2.56. The lowest BCUT2D eigenvalue weighted by Gasteiger charge is -2.23. The molecule has 30 heavy (non-hydrogen) atoms. The molecule has 2 aromatic heterocycles. The zero-order valence-electron chi connectivity index (χ0n) is 16.8. The minimum Gasteiger partial charge on any atom is -0.347 e. The first kappa shape index (κ1) is 20.7. The number of nitrogens with zero attached hydrogens (tertiary/aromatic N) is 4. The number of rotatable bonds is 4. The first-order valence-electron chi connectivity index (χ1n) is 9.69. The molecule has 4 rings (SSSR count). The molecule has 0 saturated carbocycles. The Bertz CT molecular complexity index is 1160. The molecule has 3 heterocycles. The lowest BCUT2D eigenvalue weighted by atomic mass is 10.2. The highest BCUT2D eigenvalue weighted by atomic mass is 32.2. The van der Waals surface area contributed by atoms with Crippen molar-refractivity contribution in [3.8, 4) is 0 Å². The molecule has 0 aliphatic carbocycles. The van der Waals surface area contributed by atoms with Gasteiger partial charge in [-0.2, -0.15) is 4.31 Å². The number of carbonyl (C=O) groups excluding carboxylic acids is 1. The largest absolute Gasteiger partial charge is 0.347 e. The maximum Gasteiger partial charge on any atom is 0.245 e. The number of benzene rings is 1. The van der Waals surface area contributed by atoms with Crippen molar-refractivity contribution in [2.45, 2.75) is 25.2 Å². The molecule has 3 aromatic rings. The summed E-state index contributed by atoms with van der Waals surface area (Å²) < 4.78 is 28.3. The van der Waals surface area contributed by atoms with Crippen molar-refractivity contribution in [1.82, 2.24) is 14.3 Å². The van der Waals surface area contributed by atoms with Crippen LogP contribution in [0.1, 0.15) is 18.9 Å². The van der Waals surface area contributed by atoms with Gasteiger partial charge in [-0.1, -0.05) is 17.4 Å². The summed E-state index contributed by atoms with van der Waals surface area (Å²) in [5, 5.41) is 3.50. The predicted octanol–water partition coefficient (Wildman–Crippen LogP) is 2.86. The van der Waals surface area contributed by atoms with Crippen LogP contribution in [-0.4, -0.2) is 54.8 Å². The third-order valence-electron chi connectivity index (χ3n) is 4.95. The molecule has 1 amide bonds. The Labute approximate surface area is 179 Å². The molecule has 1 aromatic carbocycles. The summed E-state index contributed by atoms with van der Waals surface area (Å²) in [4.78, 5) is 23.7. The summed E-state index contributed by atoms with van der Waals surface area (Å²) in [7, 11) is -3.75. The van der Waals surface area contributed by atoms with Crippen molar-refractivity contribution in [1.29, 1.82) is 0 Å². The highest BCUT2D eigenvalue weighted by Gasteiger charge is 2.30. The van der Waals surface area contributed by atoms with Crippen LogP contribution in [-0.2, 0) is 14.8 Å². The molecule has 0 unspecified atom stereocenters. The van der Waals surface area contributed by atoms with Gasteiger partial charge >= 0.3 is 0 Å². The number of hydrogen-bond acceptors (Lipinski definition) is 7. The van der Waals surface area contributed by atoms with Crippen LogP contribution in [0.3, 0.4) is 0 Å². The summed E-state index contributed by atoms with van der Waals surface area (Å²) in [6.07, 6.45) is 2.43. The van der Waals surface area contributed by atoms with Gasteiger partial charge in [-0.05, 0) is 43.2 Å². The Kier molecular flexibility index (Phi) is 5.72. The number of amides is 1. The molecule has 1 aliphatic rings. The molecule has 0 spiro atoms. The van der Waals surface area contributed by atoms with Crippen molar-refractivity contribution in [2.24, 2.45) is 0 Å². The second-order valence-electron chi connectivity index (χ2n) is 7.25. The van der Waals surface area contributed by atoms with E-state index < -0.39 is 10.0 Å². The second-order valence-corrected chi connectivity index (χ2v) is 10.1. The number of sulfonamides is 1. The van der Waals surface area contributed by atoms with Crippen molar-refractivity contribution >= 4 is 48.4 Å². The number of thiazole rings is 1. The first-order valence-corrected chi connectivity index (χ1v) is 11.9. The van der Waals surface area contributed by atoms with Crippen LogP contribution in [0.5, 0.6) is 0 Å². The average Bonchev–Trinajstić information content (AvgIpc) is 2.97. The van der Waals surface area contributed by atoms with Gasteiger partial charge in [0.1, 0.15) is 15.2 Å². The Morgan fingerprint density at radius 1 is 1.17 bits per heavy atom. The van der Waals surface area contributed by atoms with Gasteiger partial charge in [0, 0.05) is 39.3 Å². The fourth-order valence-electron chi connectivity index (χ4n) is 3.49. The summed E-state index contributed by atoms with van der Waals surface area (Å²) >= 11 is 1.52. The average molecular weight is 446 g/mol. The molecule has 8 nitrogen and oxygen atoms in total. The van der Waals surface area contributed by atoms with Gasteiger partial charge < -0.3 is 10.2 Å². The topological polar surface area (TPSA) is 95.5 Å². The van der Waals surface area contributed by atoms with Crippen molar-refractivity contribution in [3.05, 3.63) is 42.1 Å². The smallest absolute Gasteiger partial charge is 0.245 e. The van der Waals surface area contributed by atoms with Crippen molar-refractivity contribution in [2.75, 3.05) is 36.4 Å². The van der Waals surface area contributed by atoms with Gasteiger partial charge in [0.15, 0.2) is 5.13 Å². The van der Waals surface area contributed by atoms with Gasteiger partial charge in [0.2, 0.25) is 15.9 Å². The Morgan fingerprint density at radius 2 is 2.00 bits per heavy atom. The number of anilines is 2. The van der Waals surface area contributed by atoms with Crippen molar-refractivity contribution < 1.29 is 13.2 Å². The fourth-order valence-corrected chi connectivity index (χ4v) is 6.16. The molecule has 0 bridgehead atoms. The van der Waals surface area contributed by atoms with E-state index in [0.29, 0.717) is 31.7 Å². The van der Waals surface area contributed by atoms with E-state index >= 15 is 0 Å². The van der Waals surface area contributed by atoms with E-state index in [2.05, 4.69) is 20.2 Å². The second kappa shape index (κ2) is 8.29. The van der Waals surface area contributed by atoms with E-state index in [4.69, 9.17) is 0 Å². The minimum absolute atomic E-state index is 0.135. The van der Waals surface area contributed by atoms with Crippen LogP contribution in [0, 0.1) is 6.92 Å². The molecule has 1 saturated heterocycles. The fraction of sp³-hybridized carbons (Fsp3) is 0.350. The van der Waals surface area contributed by atoms with Crippen LogP contribution < -0.4 is 10.2 Å². The molecule has 10 heteroatoms. The number of aromatic nitrogens is 2. The Balaban J connectivity index is 1.58. The van der Waals surface area contributed by atoms with Gasteiger partial charge in [-0.15, -0.1) is 0 Å². The highest BCUT2D eigenvalue weighted by molar-refractivity contribution is 7.89. The van der Waals surface area contributed by atoms with E-state index in [9.17, 15) is 13.2 Å². The molecule has 158 valence electrons. The third-order valence-corrected chi connectivity index (χ3v) is 7.92. The van der Waals surface area contributed by atoms with Gasteiger partial charge in [0.05, 0.1) is 5.69 Å². The van der Waals surface area contributed by atoms with Crippen LogP contribution >= 0.6 is 11.3 Å². The van der Waals surface area contributed by atoms with E-state index in [0.717, 1.165) is 27.6 Å². The standard InChI is InChI=1S/C20H23N5O3S2/c1-14-6-7-16(22-15(2)26)18(13-14)30(27,28)25-10-4-9-24(11-12-25)20-23-17-5-3-8-21-19(17)29-20/h3,5-8,13H,4,9-12H2,1-2H3,(H,22,26). The summed E-state index contributed by atoms with van der Waals surface area (Å²) in [6.45, 7) is 5.22. The number of nitrogens with one attached hydrogen (secondary N) is 1. The summed E-state index contributed by atoms with van der Waals surface area (Å²) in [6, 6.07) is 8.83. The van der Waals surface area contributed by atoms with Crippen LogP contribution in [0.25, 0.3) is 10.3 Å². The number of hydrogen-bond donors (Lipinski definition) is 1. The number of pyridine rings is 1. The number of carbonyl (C=O) groups is 1. The maximum atomic E-state index is 13.4. The molecule has 1 aliphatic heterocycles. The minimum atomic E-state index is -3.75. The number of fused-ring (bicyclic) bond motifs is 1. The maximum absolute atomic E-state index is 13.4. The van der Waals surface area contributed by atoms with E-state index in [1.807, 2.05) is 19.1 Å². The zero-order chi connectivity index (χ0) is 21.3. The van der Waals surface area contributed by atoms with Gasteiger partial charge in [-0.25, -0.2) is 18.4 Å². The molecule has 1 N–H and O–H groups in total. The Morgan fingerprint density at radius 3 is 2.77 bits per heavy atom.